The van der Waals surface area contributed by atoms with Crippen LogP contribution in [0.2, 0.25) is 0 Å². The first-order valence-corrected chi connectivity index (χ1v) is 6.82. The first-order valence-electron chi connectivity index (χ1n) is 6.82. The highest BCUT2D eigenvalue weighted by molar-refractivity contribution is 5.89. The third-order valence-electron chi connectivity index (χ3n) is 3.36. The number of amides is 2. The van der Waals surface area contributed by atoms with Gasteiger partial charge in [0.05, 0.1) is 12.1 Å². The molecule has 0 radical (unpaired) electrons. The van der Waals surface area contributed by atoms with Gasteiger partial charge in [0.25, 0.3) is 0 Å². The van der Waals surface area contributed by atoms with Gasteiger partial charge in [0.1, 0.15) is 0 Å². The van der Waals surface area contributed by atoms with Crippen molar-refractivity contribution in [2.45, 2.75) is 45.8 Å². The molecule has 2 rings (SSSR count). The maximum absolute atomic E-state index is 11.9. The molecule has 0 unspecified atom stereocenters. The number of carbonyl (C=O) groups is 1. The summed E-state index contributed by atoms with van der Waals surface area (Å²) < 4.78 is 5.56. The van der Waals surface area contributed by atoms with Crippen LogP contribution in [0.25, 0.3) is 0 Å². The van der Waals surface area contributed by atoms with Gasteiger partial charge in [-0.15, -0.1) is 0 Å². The molecule has 4 heteroatoms. The lowest BCUT2D eigenvalue weighted by atomic mass is 10.1. The molecule has 19 heavy (non-hydrogen) atoms. The highest BCUT2D eigenvalue weighted by Gasteiger charge is 2.23. The van der Waals surface area contributed by atoms with Crippen molar-refractivity contribution in [2.24, 2.45) is 0 Å². The predicted molar refractivity (Wildman–Crippen MR) is 76.5 cm³/mol. The van der Waals surface area contributed by atoms with Gasteiger partial charge in [-0.3, -0.25) is 0 Å². The Morgan fingerprint density at radius 2 is 2.00 bits per heavy atom. The maximum Gasteiger partial charge on any atom is 0.319 e. The van der Waals surface area contributed by atoms with Crippen LogP contribution in [0.15, 0.2) is 18.2 Å². The second kappa shape index (κ2) is 6.06. The number of benzene rings is 1. The first kappa shape index (κ1) is 13.9. The van der Waals surface area contributed by atoms with Crippen molar-refractivity contribution < 1.29 is 9.53 Å². The number of ether oxygens (including phenoxy) is 1. The van der Waals surface area contributed by atoms with E-state index in [0.717, 1.165) is 36.3 Å². The SMILES string of the molecule is Cc1cc(C)cc(NC(=O)N[C@@H](C)[C@@H]2CCCO2)c1. The highest BCUT2D eigenvalue weighted by atomic mass is 16.5. The number of rotatable bonds is 3. The molecule has 0 bridgehead atoms. The number of hydrogen-bond acceptors (Lipinski definition) is 2. The smallest absolute Gasteiger partial charge is 0.319 e. The van der Waals surface area contributed by atoms with Crippen LogP contribution in [0.3, 0.4) is 0 Å². The van der Waals surface area contributed by atoms with E-state index in [1.165, 1.54) is 0 Å². The minimum atomic E-state index is -0.173. The molecule has 4 nitrogen and oxygen atoms in total. The fourth-order valence-electron chi connectivity index (χ4n) is 2.51. The van der Waals surface area contributed by atoms with Gasteiger partial charge in [0.15, 0.2) is 0 Å². The number of aryl methyl sites for hydroxylation is 2. The van der Waals surface area contributed by atoms with Crippen molar-refractivity contribution in [2.75, 3.05) is 11.9 Å². The summed E-state index contributed by atoms with van der Waals surface area (Å²) in [7, 11) is 0. The Hall–Kier alpha value is -1.55. The molecule has 104 valence electrons. The minimum Gasteiger partial charge on any atom is -0.376 e. The van der Waals surface area contributed by atoms with Crippen molar-refractivity contribution in [3.8, 4) is 0 Å². The van der Waals surface area contributed by atoms with E-state index in [9.17, 15) is 4.79 Å². The van der Waals surface area contributed by atoms with E-state index < -0.39 is 0 Å². The summed E-state index contributed by atoms with van der Waals surface area (Å²) in [6.07, 6.45) is 2.24. The molecule has 1 saturated heterocycles. The third-order valence-corrected chi connectivity index (χ3v) is 3.36. The summed E-state index contributed by atoms with van der Waals surface area (Å²) in [5.41, 5.74) is 3.11. The van der Waals surface area contributed by atoms with Gasteiger partial charge in [0.2, 0.25) is 0 Å². The summed E-state index contributed by atoms with van der Waals surface area (Å²) in [6, 6.07) is 5.87. The Kier molecular flexibility index (Phi) is 4.43. The van der Waals surface area contributed by atoms with Gasteiger partial charge in [-0.1, -0.05) is 6.07 Å². The first-order chi connectivity index (χ1) is 9.04. The van der Waals surface area contributed by atoms with Gasteiger partial charge in [-0.2, -0.15) is 0 Å². The standard InChI is InChI=1S/C15H22N2O2/c1-10-7-11(2)9-13(8-10)17-15(18)16-12(3)14-5-4-6-19-14/h7-9,12,14H,4-6H2,1-3H3,(H2,16,17,18)/t12-,14-/m0/s1. The molecule has 2 amide bonds. The number of urea groups is 1. The van der Waals surface area contributed by atoms with Crippen LogP contribution < -0.4 is 10.6 Å². The largest absolute Gasteiger partial charge is 0.376 e. The van der Waals surface area contributed by atoms with E-state index >= 15 is 0 Å². The molecular weight excluding hydrogens is 240 g/mol. The maximum atomic E-state index is 11.9. The Labute approximate surface area is 114 Å². The molecule has 1 aromatic carbocycles. The van der Waals surface area contributed by atoms with Crippen LogP contribution in [0.5, 0.6) is 0 Å². The molecule has 1 heterocycles. The van der Waals surface area contributed by atoms with Gasteiger partial charge < -0.3 is 15.4 Å². The normalized spacial score (nSPS) is 20.1. The zero-order chi connectivity index (χ0) is 13.8. The van der Waals surface area contributed by atoms with E-state index in [1.54, 1.807) is 0 Å². The van der Waals surface area contributed by atoms with Crippen LogP contribution >= 0.6 is 0 Å². The molecule has 2 N–H and O–H groups in total. The molecule has 1 aliphatic rings. The van der Waals surface area contributed by atoms with E-state index in [1.807, 2.05) is 32.9 Å². The summed E-state index contributed by atoms with van der Waals surface area (Å²) in [6.45, 7) is 6.82. The van der Waals surface area contributed by atoms with E-state index in [2.05, 4.69) is 16.7 Å². The minimum absolute atomic E-state index is 0.0356. The van der Waals surface area contributed by atoms with Crippen molar-refractivity contribution >= 4 is 11.7 Å². The monoisotopic (exact) mass is 262 g/mol. The van der Waals surface area contributed by atoms with Crippen LogP contribution in [-0.4, -0.2) is 24.8 Å². The van der Waals surface area contributed by atoms with Gasteiger partial charge >= 0.3 is 6.03 Å². The Balaban J connectivity index is 1.89. The van der Waals surface area contributed by atoms with Crippen molar-refractivity contribution in [1.29, 1.82) is 0 Å². The second-order valence-corrected chi connectivity index (χ2v) is 5.31. The van der Waals surface area contributed by atoms with E-state index in [0.29, 0.717) is 0 Å². The molecule has 1 aromatic rings. The molecule has 1 fully saturated rings. The van der Waals surface area contributed by atoms with Crippen LogP contribution in [-0.2, 0) is 4.74 Å². The second-order valence-electron chi connectivity index (χ2n) is 5.31. The number of anilines is 1. The number of nitrogens with one attached hydrogen (secondary N) is 2. The zero-order valence-corrected chi connectivity index (χ0v) is 11.8. The average Bonchev–Trinajstić information content (AvgIpc) is 2.80. The van der Waals surface area contributed by atoms with Crippen molar-refractivity contribution in [3.05, 3.63) is 29.3 Å². The highest BCUT2D eigenvalue weighted by Crippen LogP contribution is 2.16. The van der Waals surface area contributed by atoms with Gasteiger partial charge in [-0.05, 0) is 56.9 Å². The summed E-state index contributed by atoms with van der Waals surface area (Å²) >= 11 is 0. The lowest BCUT2D eigenvalue weighted by molar-refractivity contribution is 0.0868. The van der Waals surface area contributed by atoms with Crippen molar-refractivity contribution in [1.82, 2.24) is 5.32 Å². The van der Waals surface area contributed by atoms with Crippen molar-refractivity contribution in [3.63, 3.8) is 0 Å². The lowest BCUT2D eigenvalue weighted by Gasteiger charge is -2.20. The van der Waals surface area contributed by atoms with Gasteiger partial charge in [0, 0.05) is 12.3 Å². The fraction of sp³-hybridized carbons (Fsp3) is 0.533. The van der Waals surface area contributed by atoms with Crippen LogP contribution in [0.1, 0.15) is 30.9 Å². The van der Waals surface area contributed by atoms with Crippen LogP contribution in [0.4, 0.5) is 10.5 Å². The molecular formula is C15H22N2O2. The zero-order valence-electron chi connectivity index (χ0n) is 11.8. The topological polar surface area (TPSA) is 50.4 Å². The summed E-state index contributed by atoms with van der Waals surface area (Å²) in [5.74, 6) is 0. The average molecular weight is 262 g/mol. The molecule has 0 aromatic heterocycles. The Bertz CT molecular complexity index is 433. The number of hydrogen-bond donors (Lipinski definition) is 2. The van der Waals surface area contributed by atoms with E-state index in [-0.39, 0.29) is 18.2 Å². The molecule has 0 aliphatic carbocycles. The molecule has 0 saturated carbocycles. The van der Waals surface area contributed by atoms with E-state index in [4.69, 9.17) is 4.74 Å². The summed E-state index contributed by atoms with van der Waals surface area (Å²) in [4.78, 5) is 11.9. The van der Waals surface area contributed by atoms with Gasteiger partial charge in [-0.25, -0.2) is 4.79 Å². The fourth-order valence-corrected chi connectivity index (χ4v) is 2.51. The third kappa shape index (κ3) is 3.96. The quantitative estimate of drug-likeness (QED) is 0.879. The summed E-state index contributed by atoms with van der Waals surface area (Å²) in [5, 5.41) is 5.81. The van der Waals surface area contributed by atoms with Crippen LogP contribution in [0, 0.1) is 13.8 Å². The Morgan fingerprint density at radius 1 is 1.32 bits per heavy atom. The lowest BCUT2D eigenvalue weighted by Crippen LogP contribution is -2.43. The molecule has 0 spiro atoms. The molecule has 1 aliphatic heterocycles. The predicted octanol–water partition coefficient (Wildman–Crippen LogP) is 2.99. The molecule has 2 atom stereocenters. The number of carbonyl (C=O) groups excluding carboxylic acids is 1. The Morgan fingerprint density at radius 3 is 2.58 bits per heavy atom.